The molecule has 1 atom stereocenters. The van der Waals surface area contributed by atoms with Gasteiger partial charge in [0.1, 0.15) is 0 Å². The highest BCUT2D eigenvalue weighted by Crippen LogP contribution is 2.33. The summed E-state index contributed by atoms with van der Waals surface area (Å²) in [7, 11) is 0. The second kappa shape index (κ2) is 7.03. The van der Waals surface area contributed by atoms with Gasteiger partial charge in [0.2, 0.25) is 5.91 Å². The van der Waals surface area contributed by atoms with Crippen molar-refractivity contribution >= 4 is 34.1 Å². The number of furan rings is 1. The number of likely N-dealkylation sites (tertiary alicyclic amines) is 1. The summed E-state index contributed by atoms with van der Waals surface area (Å²) >= 11 is 1.16. The number of hydrogen-bond acceptors (Lipinski definition) is 6. The monoisotopic (exact) mass is 373 g/mol. The van der Waals surface area contributed by atoms with Gasteiger partial charge in [-0.25, -0.2) is 4.98 Å². The average Bonchev–Trinajstić information content (AvgIpc) is 3.31. The highest BCUT2D eigenvalue weighted by molar-refractivity contribution is 7.17. The Bertz CT molecular complexity index is 837. The van der Waals surface area contributed by atoms with Crippen molar-refractivity contribution in [1.29, 1.82) is 0 Å². The summed E-state index contributed by atoms with van der Waals surface area (Å²) in [4.78, 5) is 44.1. The summed E-state index contributed by atoms with van der Waals surface area (Å²) in [6.45, 7) is 1.55. The van der Waals surface area contributed by atoms with Crippen molar-refractivity contribution in [2.45, 2.75) is 32.1 Å². The maximum Gasteiger partial charge on any atom is 0.293 e. The van der Waals surface area contributed by atoms with Gasteiger partial charge in [-0.3, -0.25) is 19.7 Å². The lowest BCUT2D eigenvalue weighted by molar-refractivity contribution is -0.136. The van der Waals surface area contributed by atoms with Gasteiger partial charge >= 0.3 is 0 Å². The van der Waals surface area contributed by atoms with Crippen LogP contribution in [0.15, 0.2) is 22.8 Å². The second-order valence-electron chi connectivity index (χ2n) is 6.64. The molecule has 2 aliphatic rings. The fraction of sp³-hybridized carbons (Fsp3) is 0.444. The molecule has 1 aliphatic heterocycles. The number of amides is 2. The molecule has 26 heavy (non-hydrogen) atoms. The van der Waals surface area contributed by atoms with Crippen molar-refractivity contribution in [3.63, 3.8) is 0 Å². The van der Waals surface area contributed by atoms with Crippen molar-refractivity contribution in [2.24, 2.45) is 5.92 Å². The Hall–Kier alpha value is -2.48. The number of carbonyl (C=O) groups excluding carboxylic acids is 3. The summed E-state index contributed by atoms with van der Waals surface area (Å²) in [6, 6.07) is 3.18. The summed E-state index contributed by atoms with van der Waals surface area (Å²) in [5.74, 6) is -0.587. The standard InChI is InChI=1S/C18H19N3O4S/c22-13-10-11(17(24)21-6-2-1-3-7-21)9-12-15(13)26-18(19-12)20-16(23)14-5-4-8-25-14/h4-5,8,11H,1-3,6-7,9-10H2,(H,19,20,23)/t11-/m0/s1. The van der Waals surface area contributed by atoms with Crippen LogP contribution in [0.25, 0.3) is 0 Å². The van der Waals surface area contributed by atoms with Crippen molar-refractivity contribution < 1.29 is 18.8 Å². The predicted molar refractivity (Wildman–Crippen MR) is 95.3 cm³/mol. The van der Waals surface area contributed by atoms with Crippen LogP contribution in [0.2, 0.25) is 0 Å². The molecule has 1 saturated heterocycles. The number of Topliss-reactive ketones (excluding diaryl/α,β-unsaturated/α-hetero) is 1. The van der Waals surface area contributed by atoms with E-state index in [1.807, 2.05) is 4.90 Å². The molecule has 1 fully saturated rings. The third kappa shape index (κ3) is 3.29. The third-order valence-electron chi connectivity index (χ3n) is 4.80. The van der Waals surface area contributed by atoms with E-state index in [1.54, 1.807) is 12.1 Å². The fourth-order valence-corrected chi connectivity index (χ4v) is 4.43. The zero-order valence-electron chi connectivity index (χ0n) is 14.2. The second-order valence-corrected chi connectivity index (χ2v) is 7.64. The van der Waals surface area contributed by atoms with Gasteiger partial charge in [0, 0.05) is 25.9 Å². The smallest absolute Gasteiger partial charge is 0.293 e. The summed E-state index contributed by atoms with van der Waals surface area (Å²) in [6.07, 6.45) is 5.29. The van der Waals surface area contributed by atoms with Gasteiger partial charge in [0.05, 0.1) is 22.8 Å². The zero-order chi connectivity index (χ0) is 18.1. The molecular weight excluding hydrogens is 354 g/mol. The zero-order valence-corrected chi connectivity index (χ0v) is 15.0. The molecule has 8 heteroatoms. The molecule has 2 aromatic heterocycles. The third-order valence-corrected chi connectivity index (χ3v) is 5.86. The molecule has 0 unspecified atom stereocenters. The molecule has 4 rings (SSSR count). The minimum atomic E-state index is -0.408. The first-order valence-corrected chi connectivity index (χ1v) is 9.60. The summed E-state index contributed by atoms with van der Waals surface area (Å²) < 4.78 is 5.05. The Kier molecular flexibility index (Phi) is 4.58. The lowest BCUT2D eigenvalue weighted by atomic mass is 9.88. The van der Waals surface area contributed by atoms with Crippen LogP contribution in [-0.4, -0.2) is 40.6 Å². The molecule has 3 heterocycles. The first-order valence-electron chi connectivity index (χ1n) is 8.78. The Morgan fingerprint density at radius 2 is 2.04 bits per heavy atom. The molecule has 1 aliphatic carbocycles. The van der Waals surface area contributed by atoms with Gasteiger partial charge in [0.25, 0.3) is 5.91 Å². The largest absolute Gasteiger partial charge is 0.459 e. The van der Waals surface area contributed by atoms with Crippen molar-refractivity contribution in [3.8, 4) is 0 Å². The number of ketones is 1. The number of carbonyl (C=O) groups is 3. The number of piperidine rings is 1. The van der Waals surface area contributed by atoms with Crippen LogP contribution in [0.4, 0.5) is 5.13 Å². The maximum absolute atomic E-state index is 12.7. The van der Waals surface area contributed by atoms with E-state index in [1.165, 1.54) is 6.26 Å². The van der Waals surface area contributed by atoms with Crippen LogP contribution in [0.1, 0.15) is 51.6 Å². The van der Waals surface area contributed by atoms with E-state index in [0.29, 0.717) is 22.1 Å². The molecule has 2 amide bonds. The molecule has 0 aromatic carbocycles. The van der Waals surface area contributed by atoms with E-state index in [-0.39, 0.29) is 29.8 Å². The molecule has 1 N–H and O–H groups in total. The molecule has 0 spiro atoms. The SMILES string of the molecule is O=C(Nc1nc2c(s1)C(=O)C[C@@H](C(=O)N1CCCCC1)C2)c1ccco1. The number of nitrogens with zero attached hydrogens (tertiary/aromatic N) is 2. The summed E-state index contributed by atoms with van der Waals surface area (Å²) in [5.41, 5.74) is 0.608. The predicted octanol–water partition coefficient (Wildman–Crippen LogP) is 2.75. The van der Waals surface area contributed by atoms with Crippen molar-refractivity contribution in [3.05, 3.63) is 34.7 Å². The summed E-state index contributed by atoms with van der Waals surface area (Å²) in [5, 5.41) is 3.01. The van der Waals surface area contributed by atoms with E-state index < -0.39 is 5.91 Å². The Balaban J connectivity index is 1.48. The molecule has 7 nitrogen and oxygen atoms in total. The maximum atomic E-state index is 12.7. The van der Waals surface area contributed by atoms with Crippen LogP contribution in [-0.2, 0) is 11.2 Å². The van der Waals surface area contributed by atoms with Gasteiger partial charge in [-0.15, -0.1) is 0 Å². The average molecular weight is 373 g/mol. The van der Waals surface area contributed by atoms with E-state index in [0.717, 1.165) is 43.7 Å². The van der Waals surface area contributed by atoms with Gasteiger partial charge in [-0.2, -0.15) is 0 Å². The normalized spacial score (nSPS) is 19.9. The number of anilines is 1. The van der Waals surface area contributed by atoms with E-state index >= 15 is 0 Å². The van der Waals surface area contributed by atoms with Crippen LogP contribution in [0.3, 0.4) is 0 Å². The van der Waals surface area contributed by atoms with Crippen LogP contribution < -0.4 is 5.32 Å². The minimum Gasteiger partial charge on any atom is -0.459 e. The van der Waals surface area contributed by atoms with Gasteiger partial charge < -0.3 is 9.32 Å². The van der Waals surface area contributed by atoms with E-state index in [4.69, 9.17) is 4.42 Å². The number of fused-ring (bicyclic) bond motifs is 1. The molecule has 0 bridgehead atoms. The van der Waals surface area contributed by atoms with E-state index in [2.05, 4.69) is 10.3 Å². The van der Waals surface area contributed by atoms with Crippen LogP contribution in [0, 0.1) is 5.92 Å². The molecular formula is C18H19N3O4S. The lowest BCUT2D eigenvalue weighted by Crippen LogP contribution is -2.42. The molecule has 136 valence electrons. The van der Waals surface area contributed by atoms with Gasteiger partial charge in [0.15, 0.2) is 16.7 Å². The quantitative estimate of drug-likeness (QED) is 0.893. The van der Waals surface area contributed by atoms with Crippen molar-refractivity contribution in [2.75, 3.05) is 18.4 Å². The highest BCUT2D eigenvalue weighted by Gasteiger charge is 2.35. The Morgan fingerprint density at radius 3 is 2.77 bits per heavy atom. The topological polar surface area (TPSA) is 92.5 Å². The van der Waals surface area contributed by atoms with Crippen molar-refractivity contribution in [1.82, 2.24) is 9.88 Å². The molecule has 2 aromatic rings. The first-order chi connectivity index (χ1) is 12.6. The molecule has 0 radical (unpaired) electrons. The van der Waals surface area contributed by atoms with Crippen LogP contribution >= 0.6 is 11.3 Å². The number of hydrogen-bond donors (Lipinski definition) is 1. The number of rotatable bonds is 3. The number of thiazole rings is 1. The Labute approximate surface area is 154 Å². The van der Waals surface area contributed by atoms with E-state index in [9.17, 15) is 14.4 Å². The highest BCUT2D eigenvalue weighted by atomic mass is 32.1. The first kappa shape index (κ1) is 17.0. The number of nitrogens with one attached hydrogen (secondary N) is 1. The van der Waals surface area contributed by atoms with Gasteiger partial charge in [-0.05, 0) is 31.4 Å². The number of aromatic nitrogens is 1. The minimum absolute atomic E-state index is 0.0536. The van der Waals surface area contributed by atoms with Crippen LogP contribution in [0.5, 0.6) is 0 Å². The van der Waals surface area contributed by atoms with Gasteiger partial charge in [-0.1, -0.05) is 11.3 Å². The fourth-order valence-electron chi connectivity index (χ4n) is 3.50. The lowest BCUT2D eigenvalue weighted by Gasteiger charge is -2.31. The Morgan fingerprint density at radius 1 is 1.23 bits per heavy atom. The molecule has 0 saturated carbocycles.